The van der Waals surface area contributed by atoms with E-state index in [1.165, 1.54) is 0 Å². The normalized spacial score (nSPS) is 17.6. The van der Waals surface area contributed by atoms with Crippen molar-refractivity contribution in [2.24, 2.45) is 0 Å². The van der Waals surface area contributed by atoms with Gasteiger partial charge < -0.3 is 10.7 Å². The number of hydrogen-bond acceptors (Lipinski definition) is 4. The fourth-order valence-electron chi connectivity index (χ4n) is 2.88. The number of H-pyrrole nitrogens is 1. The maximum atomic E-state index is 12.4. The second-order valence-corrected chi connectivity index (χ2v) is 7.81. The van der Waals surface area contributed by atoms with Crippen molar-refractivity contribution in [2.75, 3.05) is 5.73 Å². The molecular formula is C14H19N3O2S. The SMILES string of the molecule is Nc1ccc2nc(CS(=O)(=O)C3CCCCC3)[nH]c2c1. The number of benzene rings is 1. The van der Waals surface area contributed by atoms with Gasteiger partial charge in [-0.25, -0.2) is 13.4 Å². The fraction of sp³-hybridized carbons (Fsp3) is 0.500. The summed E-state index contributed by atoms with van der Waals surface area (Å²) in [5.74, 6) is 0.503. The molecule has 0 aliphatic heterocycles. The van der Waals surface area contributed by atoms with Crippen LogP contribution in [0.5, 0.6) is 0 Å². The van der Waals surface area contributed by atoms with Gasteiger partial charge in [-0.3, -0.25) is 0 Å². The second kappa shape index (κ2) is 5.09. The van der Waals surface area contributed by atoms with Crippen molar-refractivity contribution in [3.05, 3.63) is 24.0 Å². The van der Waals surface area contributed by atoms with Gasteiger partial charge >= 0.3 is 0 Å². The summed E-state index contributed by atoms with van der Waals surface area (Å²) in [5.41, 5.74) is 7.90. The number of aromatic nitrogens is 2. The summed E-state index contributed by atoms with van der Waals surface area (Å²) in [5, 5.41) is -0.200. The Hall–Kier alpha value is -1.56. The van der Waals surface area contributed by atoms with Gasteiger partial charge in [-0.1, -0.05) is 19.3 Å². The number of fused-ring (bicyclic) bond motifs is 1. The molecule has 0 atom stereocenters. The molecule has 3 N–H and O–H groups in total. The summed E-state index contributed by atoms with van der Waals surface area (Å²) in [6.07, 6.45) is 4.75. The highest BCUT2D eigenvalue weighted by Crippen LogP contribution is 2.26. The van der Waals surface area contributed by atoms with Crippen molar-refractivity contribution >= 4 is 26.6 Å². The lowest BCUT2D eigenvalue weighted by Gasteiger charge is -2.21. The quantitative estimate of drug-likeness (QED) is 0.850. The molecule has 1 heterocycles. The average Bonchev–Trinajstić information content (AvgIpc) is 2.80. The Labute approximate surface area is 118 Å². The highest BCUT2D eigenvalue weighted by molar-refractivity contribution is 7.91. The first-order valence-electron chi connectivity index (χ1n) is 7.00. The lowest BCUT2D eigenvalue weighted by molar-refractivity contribution is 0.483. The molecule has 108 valence electrons. The van der Waals surface area contributed by atoms with Crippen LogP contribution in [0.15, 0.2) is 18.2 Å². The molecule has 0 radical (unpaired) electrons. The summed E-state index contributed by atoms with van der Waals surface area (Å²) >= 11 is 0. The topological polar surface area (TPSA) is 88.8 Å². The van der Waals surface area contributed by atoms with Crippen LogP contribution in [0.2, 0.25) is 0 Å². The molecule has 0 unspecified atom stereocenters. The van der Waals surface area contributed by atoms with Crippen LogP contribution in [-0.2, 0) is 15.6 Å². The number of nitrogens with zero attached hydrogens (tertiary/aromatic N) is 1. The van der Waals surface area contributed by atoms with E-state index in [1.54, 1.807) is 18.2 Å². The van der Waals surface area contributed by atoms with Crippen LogP contribution in [0.25, 0.3) is 11.0 Å². The van der Waals surface area contributed by atoms with Crippen LogP contribution < -0.4 is 5.73 Å². The minimum atomic E-state index is -3.12. The van der Waals surface area contributed by atoms with Gasteiger partial charge in [0.15, 0.2) is 9.84 Å². The van der Waals surface area contributed by atoms with Gasteiger partial charge in [0, 0.05) is 5.69 Å². The van der Waals surface area contributed by atoms with Crippen molar-refractivity contribution in [3.63, 3.8) is 0 Å². The number of sulfone groups is 1. The summed E-state index contributed by atoms with van der Waals surface area (Å²) in [7, 11) is -3.12. The van der Waals surface area contributed by atoms with Gasteiger partial charge in [0.25, 0.3) is 0 Å². The van der Waals surface area contributed by atoms with Crippen molar-refractivity contribution < 1.29 is 8.42 Å². The zero-order chi connectivity index (χ0) is 14.2. The molecule has 1 aromatic carbocycles. The summed E-state index contributed by atoms with van der Waals surface area (Å²) in [4.78, 5) is 7.40. The first-order valence-corrected chi connectivity index (χ1v) is 8.72. The fourth-order valence-corrected chi connectivity index (χ4v) is 4.69. The average molecular weight is 293 g/mol. The summed E-state index contributed by atoms with van der Waals surface area (Å²) < 4.78 is 24.8. The van der Waals surface area contributed by atoms with Crippen LogP contribution in [0.1, 0.15) is 37.9 Å². The Morgan fingerprint density at radius 1 is 1.25 bits per heavy atom. The van der Waals surface area contributed by atoms with E-state index in [-0.39, 0.29) is 11.0 Å². The standard InChI is InChI=1S/C14H19N3O2S/c15-10-6-7-12-13(8-10)17-14(16-12)9-20(18,19)11-4-2-1-3-5-11/h6-8,11H,1-5,9,15H2,(H,16,17). The van der Waals surface area contributed by atoms with Crippen LogP contribution in [0.3, 0.4) is 0 Å². The van der Waals surface area contributed by atoms with E-state index in [0.717, 1.165) is 43.1 Å². The largest absolute Gasteiger partial charge is 0.399 e. The minimum Gasteiger partial charge on any atom is -0.399 e. The molecule has 20 heavy (non-hydrogen) atoms. The lowest BCUT2D eigenvalue weighted by Crippen LogP contribution is -2.25. The molecule has 5 nitrogen and oxygen atoms in total. The number of rotatable bonds is 3. The highest BCUT2D eigenvalue weighted by atomic mass is 32.2. The molecule has 3 rings (SSSR count). The molecule has 1 aromatic heterocycles. The van der Waals surface area contributed by atoms with E-state index in [4.69, 9.17) is 5.73 Å². The number of nitrogens with two attached hydrogens (primary N) is 1. The summed E-state index contributed by atoms with van der Waals surface area (Å²) in [6.45, 7) is 0. The van der Waals surface area contributed by atoms with E-state index in [1.807, 2.05) is 0 Å². The molecule has 0 amide bonds. The number of nitrogens with one attached hydrogen (secondary N) is 1. The molecular weight excluding hydrogens is 274 g/mol. The molecule has 1 fully saturated rings. The van der Waals surface area contributed by atoms with E-state index in [2.05, 4.69) is 9.97 Å². The predicted octanol–water partition coefficient (Wildman–Crippen LogP) is 2.39. The second-order valence-electron chi connectivity index (χ2n) is 5.53. The number of hydrogen-bond donors (Lipinski definition) is 2. The Bertz CT molecular complexity index is 715. The smallest absolute Gasteiger partial charge is 0.160 e. The van der Waals surface area contributed by atoms with Crippen molar-refractivity contribution in [2.45, 2.75) is 43.1 Å². The number of anilines is 1. The van der Waals surface area contributed by atoms with Crippen molar-refractivity contribution in [3.8, 4) is 0 Å². The highest BCUT2D eigenvalue weighted by Gasteiger charge is 2.28. The van der Waals surface area contributed by atoms with Gasteiger partial charge in [-0.15, -0.1) is 0 Å². The molecule has 1 saturated carbocycles. The Balaban J connectivity index is 1.84. The molecule has 0 spiro atoms. The molecule has 2 aromatic rings. The molecule has 1 aliphatic rings. The van der Waals surface area contributed by atoms with Crippen LogP contribution in [0, 0.1) is 0 Å². The first kappa shape index (κ1) is 13.4. The minimum absolute atomic E-state index is 0.00769. The van der Waals surface area contributed by atoms with Gasteiger partial charge in [0.2, 0.25) is 0 Å². The van der Waals surface area contributed by atoms with Gasteiger partial charge in [0.05, 0.1) is 16.3 Å². The summed E-state index contributed by atoms with van der Waals surface area (Å²) in [6, 6.07) is 5.35. The molecule has 0 bridgehead atoms. The third-order valence-corrected chi connectivity index (χ3v) is 6.12. The maximum absolute atomic E-state index is 12.4. The first-order chi connectivity index (χ1) is 9.54. The zero-order valence-corrected chi connectivity index (χ0v) is 12.1. The Morgan fingerprint density at radius 2 is 2.00 bits per heavy atom. The Kier molecular flexibility index (Phi) is 3.41. The lowest BCUT2D eigenvalue weighted by atomic mass is 10.0. The predicted molar refractivity (Wildman–Crippen MR) is 80.0 cm³/mol. The number of imidazole rings is 1. The molecule has 6 heteroatoms. The zero-order valence-electron chi connectivity index (χ0n) is 11.3. The molecule has 0 saturated heterocycles. The van der Waals surface area contributed by atoms with Crippen LogP contribution in [0.4, 0.5) is 5.69 Å². The number of aromatic amines is 1. The van der Waals surface area contributed by atoms with E-state index < -0.39 is 9.84 Å². The maximum Gasteiger partial charge on any atom is 0.160 e. The van der Waals surface area contributed by atoms with Gasteiger partial charge in [0.1, 0.15) is 11.6 Å². The monoisotopic (exact) mass is 293 g/mol. The third kappa shape index (κ3) is 2.65. The van der Waals surface area contributed by atoms with Crippen molar-refractivity contribution in [1.82, 2.24) is 9.97 Å². The third-order valence-electron chi connectivity index (χ3n) is 3.95. The molecule has 1 aliphatic carbocycles. The van der Waals surface area contributed by atoms with E-state index in [9.17, 15) is 8.42 Å². The van der Waals surface area contributed by atoms with Crippen LogP contribution >= 0.6 is 0 Å². The number of nitrogen functional groups attached to an aromatic ring is 1. The van der Waals surface area contributed by atoms with E-state index >= 15 is 0 Å². The van der Waals surface area contributed by atoms with Gasteiger partial charge in [-0.05, 0) is 31.0 Å². The van der Waals surface area contributed by atoms with Crippen LogP contribution in [-0.4, -0.2) is 23.6 Å². The van der Waals surface area contributed by atoms with Crippen molar-refractivity contribution in [1.29, 1.82) is 0 Å². The Morgan fingerprint density at radius 3 is 2.75 bits per heavy atom. The van der Waals surface area contributed by atoms with Gasteiger partial charge in [-0.2, -0.15) is 0 Å². The van der Waals surface area contributed by atoms with E-state index in [0.29, 0.717) is 11.5 Å².